The van der Waals surface area contributed by atoms with E-state index in [9.17, 15) is 14.3 Å². The maximum Gasteiger partial charge on any atom is 0.257 e. The number of hydrogen-bond donors (Lipinski definition) is 1. The summed E-state index contributed by atoms with van der Waals surface area (Å²) >= 11 is 0. The lowest BCUT2D eigenvalue weighted by molar-refractivity contribution is 0.0677. The summed E-state index contributed by atoms with van der Waals surface area (Å²) in [5.41, 5.74) is 1.01. The van der Waals surface area contributed by atoms with Crippen LogP contribution in [0, 0.1) is 12.7 Å². The molecular weight excluding hydrogens is 245 g/mol. The molecule has 104 valence electrons. The molecule has 1 aliphatic heterocycles. The van der Waals surface area contributed by atoms with Crippen LogP contribution in [0.2, 0.25) is 0 Å². The SMILES string of the molecule is Cc1ccc(F)c(C(=O)N2CCCC2CC(C)O)c1. The van der Waals surface area contributed by atoms with E-state index in [1.807, 2.05) is 6.92 Å². The van der Waals surface area contributed by atoms with E-state index in [-0.39, 0.29) is 17.5 Å². The second-order valence-corrected chi connectivity index (χ2v) is 5.36. The van der Waals surface area contributed by atoms with Crippen LogP contribution in [-0.4, -0.2) is 34.6 Å². The molecule has 0 spiro atoms. The first-order valence-corrected chi connectivity index (χ1v) is 6.74. The van der Waals surface area contributed by atoms with Crippen LogP contribution in [0.15, 0.2) is 18.2 Å². The predicted molar refractivity (Wildman–Crippen MR) is 71.5 cm³/mol. The van der Waals surface area contributed by atoms with Crippen molar-refractivity contribution in [1.29, 1.82) is 0 Å². The Morgan fingerprint density at radius 1 is 1.58 bits per heavy atom. The van der Waals surface area contributed by atoms with Crippen molar-refractivity contribution in [2.75, 3.05) is 6.54 Å². The summed E-state index contributed by atoms with van der Waals surface area (Å²) in [6.45, 7) is 4.20. The molecular formula is C15H20FNO2. The van der Waals surface area contributed by atoms with Gasteiger partial charge >= 0.3 is 0 Å². The summed E-state index contributed by atoms with van der Waals surface area (Å²) in [4.78, 5) is 14.1. The van der Waals surface area contributed by atoms with Crippen molar-refractivity contribution in [1.82, 2.24) is 4.90 Å². The molecule has 0 bridgehead atoms. The summed E-state index contributed by atoms with van der Waals surface area (Å²) in [6.07, 6.45) is 1.90. The highest BCUT2D eigenvalue weighted by Gasteiger charge is 2.31. The number of amides is 1. The van der Waals surface area contributed by atoms with Crippen molar-refractivity contribution in [2.24, 2.45) is 0 Å². The number of aliphatic hydroxyl groups is 1. The minimum atomic E-state index is -0.474. The molecule has 4 heteroatoms. The second-order valence-electron chi connectivity index (χ2n) is 5.36. The predicted octanol–water partition coefficient (Wildman–Crippen LogP) is 2.51. The minimum Gasteiger partial charge on any atom is -0.393 e. The summed E-state index contributed by atoms with van der Waals surface area (Å²) in [7, 11) is 0. The summed E-state index contributed by atoms with van der Waals surface area (Å²) in [6, 6.07) is 4.61. The number of halogens is 1. The van der Waals surface area contributed by atoms with E-state index in [2.05, 4.69) is 0 Å². The first-order valence-electron chi connectivity index (χ1n) is 6.74. The Labute approximate surface area is 113 Å². The molecule has 0 aliphatic carbocycles. The van der Waals surface area contributed by atoms with Gasteiger partial charge in [-0.1, -0.05) is 11.6 Å². The average molecular weight is 265 g/mol. The fourth-order valence-electron chi connectivity index (χ4n) is 2.70. The number of carbonyl (C=O) groups is 1. The lowest BCUT2D eigenvalue weighted by Crippen LogP contribution is -2.37. The van der Waals surface area contributed by atoms with Crippen molar-refractivity contribution in [3.8, 4) is 0 Å². The molecule has 1 aliphatic rings. The minimum absolute atomic E-state index is 0.0208. The number of carbonyl (C=O) groups excluding carboxylic acids is 1. The lowest BCUT2D eigenvalue weighted by Gasteiger charge is -2.26. The smallest absolute Gasteiger partial charge is 0.257 e. The Morgan fingerprint density at radius 2 is 2.32 bits per heavy atom. The van der Waals surface area contributed by atoms with Gasteiger partial charge in [0.25, 0.3) is 5.91 Å². The van der Waals surface area contributed by atoms with Crippen LogP contribution in [-0.2, 0) is 0 Å². The lowest BCUT2D eigenvalue weighted by atomic mass is 10.1. The van der Waals surface area contributed by atoms with Crippen molar-refractivity contribution in [3.05, 3.63) is 35.1 Å². The van der Waals surface area contributed by atoms with Gasteiger partial charge in [0.05, 0.1) is 11.7 Å². The standard InChI is InChI=1S/C15H20FNO2/c1-10-5-6-14(16)13(8-10)15(19)17-7-3-4-12(17)9-11(2)18/h5-6,8,11-12,18H,3-4,7,9H2,1-2H3. The van der Waals surface area contributed by atoms with Crippen molar-refractivity contribution >= 4 is 5.91 Å². The van der Waals surface area contributed by atoms with Gasteiger partial charge in [-0.25, -0.2) is 4.39 Å². The van der Waals surface area contributed by atoms with Gasteiger partial charge < -0.3 is 10.0 Å². The maximum absolute atomic E-state index is 13.8. The average Bonchev–Trinajstić information content (AvgIpc) is 2.78. The molecule has 1 fully saturated rings. The summed E-state index contributed by atoms with van der Waals surface area (Å²) in [5, 5.41) is 9.47. The molecule has 1 aromatic rings. The number of aliphatic hydroxyl groups excluding tert-OH is 1. The van der Waals surface area contributed by atoms with Crippen molar-refractivity contribution < 1.29 is 14.3 Å². The molecule has 1 amide bonds. The highest BCUT2D eigenvalue weighted by Crippen LogP contribution is 2.24. The number of rotatable bonds is 3. The van der Waals surface area contributed by atoms with Crippen LogP contribution in [0.1, 0.15) is 42.1 Å². The van der Waals surface area contributed by atoms with Crippen LogP contribution in [0.3, 0.4) is 0 Å². The Bertz CT molecular complexity index is 473. The molecule has 1 heterocycles. The van der Waals surface area contributed by atoms with Gasteiger partial charge in [0.2, 0.25) is 0 Å². The van der Waals surface area contributed by atoms with Gasteiger partial charge in [0, 0.05) is 12.6 Å². The third-order valence-electron chi connectivity index (χ3n) is 3.60. The van der Waals surface area contributed by atoms with Gasteiger partial charge in [-0.05, 0) is 45.2 Å². The first kappa shape index (κ1) is 14.0. The Balaban J connectivity index is 2.20. The molecule has 1 aromatic carbocycles. The van der Waals surface area contributed by atoms with E-state index < -0.39 is 11.9 Å². The van der Waals surface area contributed by atoms with E-state index >= 15 is 0 Å². The number of hydrogen-bond acceptors (Lipinski definition) is 2. The summed E-state index contributed by atoms with van der Waals surface area (Å²) < 4.78 is 13.8. The monoisotopic (exact) mass is 265 g/mol. The third kappa shape index (κ3) is 3.13. The molecule has 0 saturated carbocycles. The van der Waals surface area contributed by atoms with E-state index in [1.54, 1.807) is 24.0 Å². The van der Waals surface area contributed by atoms with E-state index in [0.717, 1.165) is 18.4 Å². The summed E-state index contributed by atoms with van der Waals surface area (Å²) in [5.74, 6) is -0.734. The van der Waals surface area contributed by atoms with E-state index in [1.165, 1.54) is 6.07 Å². The van der Waals surface area contributed by atoms with Crippen LogP contribution in [0.25, 0.3) is 0 Å². The van der Waals surface area contributed by atoms with Gasteiger partial charge in [0.1, 0.15) is 5.82 Å². The molecule has 0 aromatic heterocycles. The van der Waals surface area contributed by atoms with E-state index in [0.29, 0.717) is 13.0 Å². The van der Waals surface area contributed by atoms with Gasteiger partial charge in [-0.2, -0.15) is 0 Å². The topological polar surface area (TPSA) is 40.5 Å². The second kappa shape index (κ2) is 5.70. The molecule has 1 saturated heterocycles. The van der Waals surface area contributed by atoms with Gasteiger partial charge in [-0.15, -0.1) is 0 Å². The molecule has 3 nitrogen and oxygen atoms in total. The Morgan fingerprint density at radius 3 is 3.00 bits per heavy atom. The zero-order valence-electron chi connectivity index (χ0n) is 11.4. The highest BCUT2D eigenvalue weighted by molar-refractivity contribution is 5.95. The van der Waals surface area contributed by atoms with Gasteiger partial charge in [-0.3, -0.25) is 4.79 Å². The number of benzene rings is 1. The van der Waals surface area contributed by atoms with Crippen LogP contribution in [0.5, 0.6) is 0 Å². The normalized spacial score (nSPS) is 20.6. The Hall–Kier alpha value is -1.42. The fraction of sp³-hybridized carbons (Fsp3) is 0.533. The quantitative estimate of drug-likeness (QED) is 0.912. The number of aryl methyl sites for hydroxylation is 1. The molecule has 2 rings (SSSR count). The van der Waals surface area contributed by atoms with Crippen LogP contribution in [0.4, 0.5) is 4.39 Å². The zero-order valence-corrected chi connectivity index (χ0v) is 11.4. The molecule has 0 radical (unpaired) electrons. The molecule has 19 heavy (non-hydrogen) atoms. The van der Waals surface area contributed by atoms with Gasteiger partial charge in [0.15, 0.2) is 0 Å². The van der Waals surface area contributed by atoms with E-state index in [4.69, 9.17) is 0 Å². The zero-order chi connectivity index (χ0) is 14.0. The molecule has 2 unspecified atom stereocenters. The first-order chi connectivity index (χ1) is 8.99. The molecule has 1 N–H and O–H groups in total. The van der Waals surface area contributed by atoms with Crippen LogP contribution < -0.4 is 0 Å². The fourth-order valence-corrected chi connectivity index (χ4v) is 2.70. The maximum atomic E-state index is 13.8. The van der Waals surface area contributed by atoms with Crippen molar-refractivity contribution in [2.45, 2.75) is 45.3 Å². The number of nitrogens with zero attached hydrogens (tertiary/aromatic N) is 1. The highest BCUT2D eigenvalue weighted by atomic mass is 19.1. The third-order valence-corrected chi connectivity index (χ3v) is 3.60. The largest absolute Gasteiger partial charge is 0.393 e. The van der Waals surface area contributed by atoms with Crippen LogP contribution >= 0.6 is 0 Å². The molecule has 2 atom stereocenters. The Kier molecular flexibility index (Phi) is 4.20. The van der Waals surface area contributed by atoms with Crippen molar-refractivity contribution in [3.63, 3.8) is 0 Å². The number of likely N-dealkylation sites (tertiary alicyclic amines) is 1.